The van der Waals surface area contributed by atoms with E-state index in [1.165, 1.54) is 0 Å². The molecule has 0 aromatic carbocycles. The van der Waals surface area contributed by atoms with E-state index in [0.717, 1.165) is 0 Å². The van der Waals surface area contributed by atoms with Crippen molar-refractivity contribution >= 4 is 23.6 Å². The van der Waals surface area contributed by atoms with Crippen molar-refractivity contribution < 1.29 is 19.2 Å². The summed E-state index contributed by atoms with van der Waals surface area (Å²) in [4.78, 5) is 45.5. The Morgan fingerprint density at radius 2 is 1.13 bits per heavy atom. The first-order valence-electron chi connectivity index (χ1n) is 4.79. The number of imide groups is 2. The molecule has 0 bridgehead atoms. The van der Waals surface area contributed by atoms with Gasteiger partial charge in [-0.3, -0.25) is 29.8 Å². The molecule has 2 heterocycles. The summed E-state index contributed by atoms with van der Waals surface area (Å²) in [5.74, 6) is -3.75. The van der Waals surface area contributed by atoms with Crippen molar-refractivity contribution in [2.75, 3.05) is 0 Å². The van der Waals surface area contributed by atoms with Crippen LogP contribution in [0.2, 0.25) is 0 Å². The maximum Gasteiger partial charge on any atom is 0.231 e. The van der Waals surface area contributed by atoms with Crippen molar-refractivity contribution in [3.05, 3.63) is 0 Å². The molecule has 0 unspecified atom stereocenters. The molecule has 0 aromatic heterocycles. The number of amides is 4. The molecule has 3 fully saturated rings. The van der Waals surface area contributed by atoms with Gasteiger partial charge in [0.1, 0.15) is 0 Å². The first kappa shape index (κ1) is 8.58. The third-order valence-electron chi connectivity index (χ3n) is 3.53. The predicted molar refractivity (Wildman–Crippen MR) is 44.9 cm³/mol. The van der Waals surface area contributed by atoms with Crippen LogP contribution in [0.1, 0.15) is 6.42 Å². The van der Waals surface area contributed by atoms with Crippen molar-refractivity contribution in [3.8, 4) is 0 Å². The molecule has 4 amide bonds. The van der Waals surface area contributed by atoms with Crippen LogP contribution in [0, 0.1) is 23.7 Å². The lowest BCUT2D eigenvalue weighted by Crippen LogP contribution is -2.31. The third-order valence-corrected chi connectivity index (χ3v) is 3.53. The highest BCUT2D eigenvalue weighted by molar-refractivity contribution is 6.13. The molecule has 3 aliphatic rings. The first-order chi connectivity index (χ1) is 7.09. The van der Waals surface area contributed by atoms with Crippen LogP contribution in [0.15, 0.2) is 0 Å². The summed E-state index contributed by atoms with van der Waals surface area (Å²) in [6, 6.07) is 0. The maximum absolute atomic E-state index is 11.4. The van der Waals surface area contributed by atoms with Crippen LogP contribution in [-0.2, 0) is 19.2 Å². The Labute approximate surface area is 84.4 Å². The molecule has 1 aliphatic carbocycles. The van der Waals surface area contributed by atoms with Gasteiger partial charge in [-0.25, -0.2) is 0 Å². The van der Waals surface area contributed by atoms with E-state index in [-0.39, 0.29) is 11.8 Å². The van der Waals surface area contributed by atoms with Crippen LogP contribution < -0.4 is 10.6 Å². The van der Waals surface area contributed by atoms with Gasteiger partial charge in [0.15, 0.2) is 0 Å². The fraction of sp³-hybridized carbons (Fsp3) is 0.556. The average molecular weight is 208 g/mol. The third kappa shape index (κ3) is 0.886. The van der Waals surface area contributed by atoms with Crippen molar-refractivity contribution in [2.24, 2.45) is 23.7 Å². The summed E-state index contributed by atoms with van der Waals surface area (Å²) in [6.45, 7) is 0. The van der Waals surface area contributed by atoms with Crippen LogP contribution >= 0.6 is 0 Å². The molecular weight excluding hydrogens is 200 g/mol. The van der Waals surface area contributed by atoms with Crippen molar-refractivity contribution in [1.29, 1.82) is 0 Å². The summed E-state index contributed by atoms with van der Waals surface area (Å²) in [5, 5.41) is 4.40. The van der Waals surface area contributed by atoms with Crippen LogP contribution in [-0.4, -0.2) is 23.6 Å². The molecule has 6 heteroatoms. The van der Waals surface area contributed by atoms with Gasteiger partial charge in [0.25, 0.3) is 0 Å². The van der Waals surface area contributed by atoms with Gasteiger partial charge >= 0.3 is 0 Å². The number of hydrogen-bond donors (Lipinski definition) is 2. The molecule has 1 saturated carbocycles. The molecule has 0 radical (unpaired) electrons. The second-order valence-electron chi connectivity index (χ2n) is 4.21. The molecule has 4 atom stereocenters. The molecule has 78 valence electrons. The zero-order chi connectivity index (χ0) is 10.7. The minimum Gasteiger partial charge on any atom is -0.296 e. The Kier molecular flexibility index (Phi) is 1.40. The van der Waals surface area contributed by atoms with Crippen LogP contribution in [0.25, 0.3) is 0 Å². The van der Waals surface area contributed by atoms with Crippen LogP contribution in [0.3, 0.4) is 0 Å². The number of carbonyl (C=O) groups is 4. The smallest absolute Gasteiger partial charge is 0.231 e. The zero-order valence-electron chi connectivity index (χ0n) is 7.65. The van der Waals surface area contributed by atoms with Crippen LogP contribution in [0.4, 0.5) is 0 Å². The molecule has 15 heavy (non-hydrogen) atoms. The van der Waals surface area contributed by atoms with E-state index in [1.54, 1.807) is 0 Å². The fourth-order valence-electron chi connectivity index (χ4n) is 2.89. The second kappa shape index (κ2) is 2.44. The van der Waals surface area contributed by atoms with E-state index in [4.69, 9.17) is 0 Å². The highest BCUT2D eigenvalue weighted by atomic mass is 16.2. The summed E-state index contributed by atoms with van der Waals surface area (Å²) in [7, 11) is 0. The average Bonchev–Trinajstić information content (AvgIpc) is 2.72. The standard InChI is InChI=1S/C9H8N2O4/c12-6-2-1-3-5(4(2)8(14)10-6)9(15)11-7(3)13/h2-5H,1H2,(H,10,12,14)(H,11,13,15)/t2-,3+,4-,5-/m0/s1. The van der Waals surface area contributed by atoms with Crippen molar-refractivity contribution in [2.45, 2.75) is 6.42 Å². The summed E-state index contributed by atoms with van der Waals surface area (Å²) < 4.78 is 0. The topological polar surface area (TPSA) is 92.3 Å². The fourth-order valence-corrected chi connectivity index (χ4v) is 2.89. The molecule has 2 aliphatic heterocycles. The van der Waals surface area contributed by atoms with Crippen molar-refractivity contribution in [1.82, 2.24) is 10.6 Å². The summed E-state index contributed by atoms with van der Waals surface area (Å²) in [6.07, 6.45) is 0.310. The quantitative estimate of drug-likeness (QED) is 0.458. The Bertz CT molecular complexity index is 378. The molecule has 0 aromatic rings. The van der Waals surface area contributed by atoms with Gasteiger partial charge in [-0.1, -0.05) is 0 Å². The molecular formula is C9H8N2O4. The summed E-state index contributed by atoms with van der Waals surface area (Å²) >= 11 is 0. The van der Waals surface area contributed by atoms with E-state index in [9.17, 15) is 19.2 Å². The largest absolute Gasteiger partial charge is 0.296 e. The van der Waals surface area contributed by atoms with Crippen molar-refractivity contribution in [3.63, 3.8) is 0 Å². The SMILES string of the molecule is O=C1NC(=O)[C@H]2C[C@H]3C(=O)NC(=O)[C@@H]3[C@@H]12. The highest BCUT2D eigenvalue weighted by Gasteiger charge is 2.61. The van der Waals surface area contributed by atoms with E-state index in [1.807, 2.05) is 0 Å². The number of nitrogens with one attached hydrogen (secondary N) is 2. The van der Waals surface area contributed by atoms with Gasteiger partial charge in [-0.05, 0) is 6.42 Å². The van der Waals surface area contributed by atoms with Crippen LogP contribution in [0.5, 0.6) is 0 Å². The van der Waals surface area contributed by atoms with Gasteiger partial charge in [0, 0.05) is 0 Å². The Balaban J connectivity index is 2.03. The molecule has 2 saturated heterocycles. The Morgan fingerprint density at radius 1 is 0.733 bits per heavy atom. The van der Waals surface area contributed by atoms with E-state index in [2.05, 4.69) is 10.6 Å². The number of hydrogen-bond acceptors (Lipinski definition) is 4. The minimum atomic E-state index is -0.631. The lowest BCUT2D eigenvalue weighted by atomic mass is 9.89. The predicted octanol–water partition coefficient (Wildman–Crippen LogP) is -1.83. The Hall–Kier alpha value is -1.72. The summed E-state index contributed by atoms with van der Waals surface area (Å²) in [5.41, 5.74) is 0. The Morgan fingerprint density at radius 3 is 1.53 bits per heavy atom. The monoisotopic (exact) mass is 208 g/mol. The minimum absolute atomic E-state index is 0.310. The number of carbonyl (C=O) groups excluding carboxylic acids is 4. The van der Waals surface area contributed by atoms with E-state index < -0.39 is 35.5 Å². The lowest BCUT2D eigenvalue weighted by molar-refractivity contribution is -0.131. The lowest BCUT2D eigenvalue weighted by Gasteiger charge is -2.09. The second-order valence-corrected chi connectivity index (χ2v) is 4.21. The normalized spacial score (nSPS) is 42.7. The van der Waals surface area contributed by atoms with Gasteiger partial charge in [-0.15, -0.1) is 0 Å². The van der Waals surface area contributed by atoms with Gasteiger partial charge in [0.05, 0.1) is 23.7 Å². The number of fused-ring (bicyclic) bond motifs is 3. The molecule has 6 nitrogen and oxygen atoms in total. The zero-order valence-corrected chi connectivity index (χ0v) is 7.65. The number of rotatable bonds is 0. The molecule has 3 rings (SSSR count). The van der Waals surface area contributed by atoms with Gasteiger partial charge in [0.2, 0.25) is 23.6 Å². The van der Waals surface area contributed by atoms with E-state index in [0.29, 0.717) is 6.42 Å². The molecule has 0 spiro atoms. The first-order valence-corrected chi connectivity index (χ1v) is 4.79. The van der Waals surface area contributed by atoms with Gasteiger partial charge in [-0.2, -0.15) is 0 Å². The maximum atomic E-state index is 11.4. The molecule has 2 N–H and O–H groups in total. The van der Waals surface area contributed by atoms with E-state index >= 15 is 0 Å². The highest BCUT2D eigenvalue weighted by Crippen LogP contribution is 2.46. The van der Waals surface area contributed by atoms with Gasteiger partial charge < -0.3 is 0 Å².